The van der Waals surface area contributed by atoms with Crippen molar-refractivity contribution in [1.82, 2.24) is 9.62 Å². The molecule has 1 heterocycles. The van der Waals surface area contributed by atoms with Crippen LogP contribution in [-0.2, 0) is 16.4 Å². The highest BCUT2D eigenvalue weighted by Gasteiger charge is 2.18. The highest BCUT2D eigenvalue weighted by Crippen LogP contribution is 2.24. The minimum absolute atomic E-state index is 0.364. The molecule has 0 spiro atoms. The summed E-state index contributed by atoms with van der Waals surface area (Å²) in [6.07, 6.45) is 1.97. The van der Waals surface area contributed by atoms with Gasteiger partial charge in [-0.3, -0.25) is 0 Å². The zero-order chi connectivity index (χ0) is 15.3. The van der Waals surface area contributed by atoms with E-state index in [9.17, 15) is 8.42 Å². The maximum absolute atomic E-state index is 12.3. The molecule has 0 aliphatic carbocycles. The molecule has 1 aliphatic heterocycles. The molecule has 0 amide bonds. The van der Waals surface area contributed by atoms with Crippen molar-refractivity contribution in [3.8, 4) is 0 Å². The molecule has 0 fully saturated rings. The summed E-state index contributed by atoms with van der Waals surface area (Å²) in [6.45, 7) is 8.25. The molecule has 6 heteroatoms. The second kappa shape index (κ2) is 7.24. The Labute approximate surface area is 127 Å². The van der Waals surface area contributed by atoms with E-state index in [1.807, 2.05) is 6.07 Å². The molecular formula is C15H25N3O2S. The third-order valence-electron chi connectivity index (χ3n) is 3.80. The van der Waals surface area contributed by atoms with Gasteiger partial charge in [-0.1, -0.05) is 13.8 Å². The van der Waals surface area contributed by atoms with Gasteiger partial charge < -0.3 is 10.2 Å². The zero-order valence-electron chi connectivity index (χ0n) is 12.9. The number of hydrogen-bond acceptors (Lipinski definition) is 4. The highest BCUT2D eigenvalue weighted by atomic mass is 32.2. The minimum atomic E-state index is -3.41. The van der Waals surface area contributed by atoms with E-state index in [-0.39, 0.29) is 0 Å². The number of nitrogens with one attached hydrogen (secondary N) is 2. The molecular weight excluding hydrogens is 286 g/mol. The van der Waals surface area contributed by atoms with E-state index in [0.717, 1.165) is 50.3 Å². The molecule has 118 valence electrons. The number of likely N-dealkylation sites (N-methyl/N-ethyl adjacent to an activating group) is 1. The second-order valence-corrected chi connectivity index (χ2v) is 7.09. The van der Waals surface area contributed by atoms with Crippen LogP contribution in [0.5, 0.6) is 0 Å². The van der Waals surface area contributed by atoms with E-state index in [4.69, 9.17) is 0 Å². The topological polar surface area (TPSA) is 61.4 Å². The molecule has 5 nitrogen and oxygen atoms in total. The Morgan fingerprint density at radius 2 is 2.10 bits per heavy atom. The van der Waals surface area contributed by atoms with Crippen LogP contribution in [0.25, 0.3) is 0 Å². The molecule has 1 aromatic rings. The highest BCUT2D eigenvalue weighted by molar-refractivity contribution is 7.89. The molecule has 21 heavy (non-hydrogen) atoms. The molecule has 2 rings (SSSR count). The van der Waals surface area contributed by atoms with Crippen molar-refractivity contribution in [2.75, 3.05) is 38.0 Å². The SMILES string of the molecule is CCCN(CC)CCNS(=O)(=O)c1ccc2c(c1)CCN2. The molecule has 0 bridgehead atoms. The summed E-state index contributed by atoms with van der Waals surface area (Å²) in [6, 6.07) is 5.30. The van der Waals surface area contributed by atoms with Crippen LogP contribution in [0.1, 0.15) is 25.8 Å². The van der Waals surface area contributed by atoms with Gasteiger partial charge in [-0.25, -0.2) is 13.1 Å². The van der Waals surface area contributed by atoms with Crippen molar-refractivity contribution in [2.24, 2.45) is 0 Å². The van der Waals surface area contributed by atoms with Crippen LogP contribution in [0.3, 0.4) is 0 Å². The average molecular weight is 311 g/mol. The number of nitrogens with zero attached hydrogens (tertiary/aromatic N) is 1. The van der Waals surface area contributed by atoms with Crippen molar-refractivity contribution < 1.29 is 8.42 Å². The van der Waals surface area contributed by atoms with Crippen molar-refractivity contribution in [3.05, 3.63) is 23.8 Å². The quantitative estimate of drug-likeness (QED) is 0.766. The van der Waals surface area contributed by atoms with Gasteiger partial charge in [0.05, 0.1) is 4.90 Å². The Balaban J connectivity index is 1.95. The van der Waals surface area contributed by atoms with Crippen LogP contribution in [0.15, 0.2) is 23.1 Å². The Morgan fingerprint density at radius 1 is 1.29 bits per heavy atom. The lowest BCUT2D eigenvalue weighted by molar-refractivity contribution is 0.293. The van der Waals surface area contributed by atoms with E-state index >= 15 is 0 Å². The summed E-state index contributed by atoms with van der Waals surface area (Å²) in [7, 11) is -3.41. The Hall–Kier alpha value is -1.11. The summed E-state index contributed by atoms with van der Waals surface area (Å²) in [4.78, 5) is 2.61. The van der Waals surface area contributed by atoms with Crippen LogP contribution >= 0.6 is 0 Å². The first kappa shape index (κ1) is 16.3. The predicted octanol–water partition coefficient (Wildman–Crippen LogP) is 1.66. The fourth-order valence-corrected chi connectivity index (χ4v) is 3.69. The number of sulfonamides is 1. The van der Waals surface area contributed by atoms with E-state index in [0.29, 0.717) is 11.4 Å². The number of benzene rings is 1. The van der Waals surface area contributed by atoms with Gasteiger partial charge in [0.2, 0.25) is 10.0 Å². The van der Waals surface area contributed by atoms with Gasteiger partial charge in [-0.2, -0.15) is 0 Å². The van der Waals surface area contributed by atoms with Gasteiger partial charge in [0.15, 0.2) is 0 Å². The van der Waals surface area contributed by atoms with Gasteiger partial charge in [0.1, 0.15) is 0 Å². The van der Waals surface area contributed by atoms with E-state index in [1.54, 1.807) is 12.1 Å². The van der Waals surface area contributed by atoms with Crippen molar-refractivity contribution >= 4 is 15.7 Å². The monoisotopic (exact) mass is 311 g/mol. The minimum Gasteiger partial charge on any atom is -0.384 e. The third kappa shape index (κ3) is 4.18. The first-order valence-electron chi connectivity index (χ1n) is 7.65. The lowest BCUT2D eigenvalue weighted by atomic mass is 10.2. The van der Waals surface area contributed by atoms with Crippen LogP contribution in [-0.4, -0.2) is 46.0 Å². The maximum Gasteiger partial charge on any atom is 0.240 e. The third-order valence-corrected chi connectivity index (χ3v) is 5.26. The Morgan fingerprint density at radius 3 is 2.81 bits per heavy atom. The largest absolute Gasteiger partial charge is 0.384 e. The molecule has 2 N–H and O–H groups in total. The summed E-state index contributed by atoms with van der Waals surface area (Å²) in [5.41, 5.74) is 2.13. The van der Waals surface area contributed by atoms with Gasteiger partial charge in [-0.15, -0.1) is 0 Å². The second-order valence-electron chi connectivity index (χ2n) is 5.33. The molecule has 0 unspecified atom stereocenters. The predicted molar refractivity (Wildman–Crippen MR) is 86.2 cm³/mol. The first-order valence-corrected chi connectivity index (χ1v) is 9.14. The number of hydrogen-bond donors (Lipinski definition) is 2. The standard InChI is InChI=1S/C15H25N3O2S/c1-3-10-18(4-2)11-9-17-21(19,20)14-5-6-15-13(12-14)7-8-16-15/h5-6,12,16-17H,3-4,7-11H2,1-2H3. The summed E-state index contributed by atoms with van der Waals surface area (Å²) in [5.74, 6) is 0. The van der Waals surface area contributed by atoms with Crippen LogP contribution in [0, 0.1) is 0 Å². The number of anilines is 1. The lowest BCUT2D eigenvalue weighted by Crippen LogP contribution is -2.35. The molecule has 0 saturated heterocycles. The van der Waals surface area contributed by atoms with Gasteiger partial charge >= 0.3 is 0 Å². The van der Waals surface area contributed by atoms with Crippen LogP contribution < -0.4 is 10.0 Å². The van der Waals surface area contributed by atoms with Crippen molar-refractivity contribution in [2.45, 2.75) is 31.6 Å². The van der Waals surface area contributed by atoms with E-state index in [1.165, 1.54) is 0 Å². The van der Waals surface area contributed by atoms with Crippen LogP contribution in [0.2, 0.25) is 0 Å². The Bertz CT molecular complexity index is 572. The van der Waals surface area contributed by atoms with E-state index in [2.05, 4.69) is 28.8 Å². The smallest absolute Gasteiger partial charge is 0.240 e. The fourth-order valence-electron chi connectivity index (χ4n) is 2.61. The summed E-state index contributed by atoms with van der Waals surface area (Å²) >= 11 is 0. The van der Waals surface area contributed by atoms with Gasteiger partial charge in [-0.05, 0) is 49.7 Å². The lowest BCUT2D eigenvalue weighted by Gasteiger charge is -2.19. The first-order chi connectivity index (χ1) is 10.1. The molecule has 0 radical (unpaired) electrons. The van der Waals surface area contributed by atoms with E-state index < -0.39 is 10.0 Å². The van der Waals surface area contributed by atoms with Crippen molar-refractivity contribution in [1.29, 1.82) is 0 Å². The summed E-state index contributed by atoms with van der Waals surface area (Å²) in [5, 5.41) is 3.24. The molecule has 0 saturated carbocycles. The fraction of sp³-hybridized carbons (Fsp3) is 0.600. The molecule has 1 aromatic carbocycles. The number of fused-ring (bicyclic) bond motifs is 1. The van der Waals surface area contributed by atoms with Crippen molar-refractivity contribution in [3.63, 3.8) is 0 Å². The maximum atomic E-state index is 12.3. The van der Waals surface area contributed by atoms with Crippen LogP contribution in [0.4, 0.5) is 5.69 Å². The Kier molecular flexibility index (Phi) is 5.61. The molecule has 0 atom stereocenters. The normalized spacial score (nSPS) is 14.2. The number of rotatable bonds is 8. The zero-order valence-corrected chi connectivity index (χ0v) is 13.7. The average Bonchev–Trinajstić information content (AvgIpc) is 2.93. The molecule has 0 aromatic heterocycles. The molecule has 1 aliphatic rings. The van der Waals surface area contributed by atoms with Gasteiger partial charge in [0, 0.05) is 25.3 Å². The summed E-state index contributed by atoms with van der Waals surface area (Å²) < 4.78 is 27.3. The van der Waals surface area contributed by atoms with Gasteiger partial charge in [0.25, 0.3) is 0 Å².